The van der Waals surface area contributed by atoms with Crippen molar-refractivity contribution in [2.45, 2.75) is 39.0 Å². The second kappa shape index (κ2) is 8.00. The first-order valence-corrected chi connectivity index (χ1v) is 9.41. The molecule has 0 bridgehead atoms. The van der Waals surface area contributed by atoms with Gasteiger partial charge in [-0.15, -0.1) is 0 Å². The molecule has 136 valence electrons. The van der Waals surface area contributed by atoms with Crippen LogP contribution in [0.1, 0.15) is 38.2 Å². The minimum absolute atomic E-state index is 0.0255. The Kier molecular flexibility index (Phi) is 5.74. The van der Waals surface area contributed by atoms with Gasteiger partial charge >= 0.3 is 0 Å². The number of unbranched alkanes of at least 4 members (excludes halogenated alkanes) is 1. The van der Waals surface area contributed by atoms with Crippen LogP contribution in [0.5, 0.6) is 0 Å². The van der Waals surface area contributed by atoms with Crippen molar-refractivity contribution in [2.75, 3.05) is 31.1 Å². The van der Waals surface area contributed by atoms with Gasteiger partial charge in [0.2, 0.25) is 11.8 Å². The number of likely N-dealkylation sites (tertiary alicyclic amines) is 1. The fraction of sp³-hybridized carbons (Fsp3) is 0.600. The quantitative estimate of drug-likeness (QED) is 0.861. The molecule has 0 saturated carbocycles. The van der Waals surface area contributed by atoms with Crippen molar-refractivity contribution in [1.82, 2.24) is 4.90 Å². The van der Waals surface area contributed by atoms with Crippen molar-refractivity contribution in [1.29, 1.82) is 0 Å². The number of aliphatic hydroxyl groups excluding tert-OH is 1. The molecule has 2 heterocycles. The molecule has 2 saturated heterocycles. The highest BCUT2D eigenvalue weighted by atomic mass is 16.3. The summed E-state index contributed by atoms with van der Waals surface area (Å²) >= 11 is 0. The molecular weight excluding hydrogens is 316 g/mol. The molecule has 2 atom stereocenters. The topological polar surface area (TPSA) is 60.9 Å². The summed E-state index contributed by atoms with van der Waals surface area (Å²) in [4.78, 5) is 28.6. The molecule has 3 rings (SSSR count). The molecule has 1 aromatic rings. The minimum atomic E-state index is -0.260. The number of nitrogens with zero attached hydrogens (tertiary/aromatic N) is 2. The summed E-state index contributed by atoms with van der Waals surface area (Å²) in [5, 5.41) is 9.24. The smallest absolute Gasteiger partial charge is 0.228 e. The van der Waals surface area contributed by atoms with Crippen LogP contribution in [-0.2, 0) is 16.0 Å². The van der Waals surface area contributed by atoms with Crippen molar-refractivity contribution in [2.24, 2.45) is 11.8 Å². The van der Waals surface area contributed by atoms with Gasteiger partial charge in [-0.1, -0.05) is 25.5 Å². The third kappa shape index (κ3) is 4.03. The highest BCUT2D eigenvalue weighted by Crippen LogP contribution is 2.28. The second-order valence-electron chi connectivity index (χ2n) is 7.30. The van der Waals surface area contributed by atoms with E-state index in [0.29, 0.717) is 19.6 Å². The van der Waals surface area contributed by atoms with E-state index < -0.39 is 0 Å². The van der Waals surface area contributed by atoms with Gasteiger partial charge in [0.05, 0.1) is 5.92 Å². The molecule has 5 nitrogen and oxygen atoms in total. The Hall–Kier alpha value is -1.88. The SMILES string of the molecule is CCCCc1ccc(N2C[C@H](C(=O)N3CC[C@H](CO)C3)CC2=O)cc1. The Balaban J connectivity index is 1.61. The number of hydrogen-bond acceptors (Lipinski definition) is 3. The molecule has 0 spiro atoms. The number of amides is 2. The van der Waals surface area contributed by atoms with Crippen molar-refractivity contribution >= 4 is 17.5 Å². The van der Waals surface area contributed by atoms with Gasteiger partial charge in [-0.3, -0.25) is 9.59 Å². The van der Waals surface area contributed by atoms with Crippen molar-refractivity contribution in [3.63, 3.8) is 0 Å². The van der Waals surface area contributed by atoms with Crippen LogP contribution in [0.3, 0.4) is 0 Å². The molecule has 0 aromatic heterocycles. The van der Waals surface area contributed by atoms with E-state index in [1.165, 1.54) is 18.4 Å². The number of anilines is 1. The zero-order valence-electron chi connectivity index (χ0n) is 15.0. The molecule has 0 unspecified atom stereocenters. The molecule has 2 aliphatic heterocycles. The van der Waals surface area contributed by atoms with E-state index in [-0.39, 0.29) is 36.7 Å². The average Bonchev–Trinajstić information content (AvgIpc) is 3.26. The van der Waals surface area contributed by atoms with Crippen molar-refractivity contribution < 1.29 is 14.7 Å². The summed E-state index contributed by atoms with van der Waals surface area (Å²) in [5.41, 5.74) is 2.17. The maximum Gasteiger partial charge on any atom is 0.228 e. The first-order valence-electron chi connectivity index (χ1n) is 9.41. The number of rotatable bonds is 6. The predicted molar refractivity (Wildman–Crippen MR) is 97.3 cm³/mol. The number of benzene rings is 1. The summed E-state index contributed by atoms with van der Waals surface area (Å²) in [6, 6.07) is 8.15. The van der Waals surface area contributed by atoms with Crippen LogP contribution in [0.4, 0.5) is 5.69 Å². The van der Waals surface area contributed by atoms with Gasteiger partial charge in [0.25, 0.3) is 0 Å². The molecule has 2 fully saturated rings. The van der Waals surface area contributed by atoms with Gasteiger partial charge in [-0.2, -0.15) is 0 Å². The normalized spacial score (nSPS) is 23.5. The molecule has 5 heteroatoms. The van der Waals surface area contributed by atoms with E-state index in [1.807, 2.05) is 17.0 Å². The zero-order chi connectivity index (χ0) is 17.8. The van der Waals surface area contributed by atoms with Gasteiger partial charge in [0, 0.05) is 44.3 Å². The number of carbonyl (C=O) groups excluding carboxylic acids is 2. The number of aryl methyl sites for hydroxylation is 1. The second-order valence-corrected chi connectivity index (χ2v) is 7.30. The Bertz CT molecular complexity index is 614. The van der Waals surface area contributed by atoms with E-state index in [0.717, 1.165) is 18.5 Å². The minimum Gasteiger partial charge on any atom is -0.396 e. The summed E-state index contributed by atoms with van der Waals surface area (Å²) < 4.78 is 0. The van der Waals surface area contributed by atoms with Crippen LogP contribution in [0.2, 0.25) is 0 Å². The Morgan fingerprint density at radius 2 is 2.00 bits per heavy atom. The third-order valence-electron chi connectivity index (χ3n) is 5.40. The van der Waals surface area contributed by atoms with Crippen molar-refractivity contribution in [3.05, 3.63) is 29.8 Å². The maximum absolute atomic E-state index is 12.7. The van der Waals surface area contributed by atoms with Crippen molar-refractivity contribution in [3.8, 4) is 0 Å². The van der Waals surface area contributed by atoms with Crippen LogP contribution < -0.4 is 4.90 Å². The fourth-order valence-electron chi connectivity index (χ4n) is 3.79. The predicted octanol–water partition coefficient (Wildman–Crippen LogP) is 2.22. The number of aliphatic hydroxyl groups is 1. The summed E-state index contributed by atoms with van der Waals surface area (Å²) in [5.74, 6) is 0.0152. The van der Waals surface area contributed by atoms with Crippen LogP contribution in [-0.4, -0.2) is 48.1 Å². The van der Waals surface area contributed by atoms with Crippen LogP contribution in [0.15, 0.2) is 24.3 Å². The van der Waals surface area contributed by atoms with Crippen LogP contribution >= 0.6 is 0 Å². The van der Waals surface area contributed by atoms with E-state index in [1.54, 1.807) is 4.90 Å². The highest BCUT2D eigenvalue weighted by Gasteiger charge is 2.38. The molecule has 2 amide bonds. The average molecular weight is 344 g/mol. The lowest BCUT2D eigenvalue weighted by Gasteiger charge is -2.21. The number of hydrogen-bond donors (Lipinski definition) is 1. The van der Waals surface area contributed by atoms with E-state index >= 15 is 0 Å². The fourth-order valence-corrected chi connectivity index (χ4v) is 3.79. The van der Waals surface area contributed by atoms with Gasteiger partial charge < -0.3 is 14.9 Å². The molecule has 0 aliphatic carbocycles. The van der Waals surface area contributed by atoms with Crippen LogP contribution in [0, 0.1) is 11.8 Å². The van der Waals surface area contributed by atoms with Gasteiger partial charge in [-0.05, 0) is 37.0 Å². The first kappa shape index (κ1) is 17.9. The monoisotopic (exact) mass is 344 g/mol. The molecule has 25 heavy (non-hydrogen) atoms. The Morgan fingerprint density at radius 1 is 1.24 bits per heavy atom. The van der Waals surface area contributed by atoms with E-state index in [9.17, 15) is 14.7 Å². The molecular formula is C20H28N2O3. The summed E-state index contributed by atoms with van der Waals surface area (Å²) in [6.45, 7) is 4.08. The summed E-state index contributed by atoms with van der Waals surface area (Å²) in [7, 11) is 0. The van der Waals surface area contributed by atoms with E-state index in [4.69, 9.17) is 0 Å². The maximum atomic E-state index is 12.7. The Labute approximate surface area is 149 Å². The molecule has 1 N–H and O–H groups in total. The lowest BCUT2D eigenvalue weighted by molar-refractivity contribution is -0.134. The first-order chi connectivity index (χ1) is 12.1. The molecule has 1 aromatic carbocycles. The summed E-state index contributed by atoms with van der Waals surface area (Å²) in [6.07, 6.45) is 4.54. The lowest BCUT2D eigenvalue weighted by atomic mass is 10.1. The third-order valence-corrected chi connectivity index (χ3v) is 5.40. The molecule has 0 radical (unpaired) electrons. The lowest BCUT2D eigenvalue weighted by Crippen LogP contribution is -2.36. The largest absolute Gasteiger partial charge is 0.396 e. The molecule has 2 aliphatic rings. The number of carbonyl (C=O) groups is 2. The zero-order valence-corrected chi connectivity index (χ0v) is 15.0. The van der Waals surface area contributed by atoms with Crippen LogP contribution in [0.25, 0.3) is 0 Å². The van der Waals surface area contributed by atoms with Gasteiger partial charge in [0.15, 0.2) is 0 Å². The Morgan fingerprint density at radius 3 is 2.64 bits per heavy atom. The highest BCUT2D eigenvalue weighted by molar-refractivity contribution is 6.00. The standard InChI is InChI=1S/C20H28N2O3/c1-2-3-4-15-5-7-18(8-6-15)22-13-17(11-19(22)24)20(25)21-10-9-16(12-21)14-23/h5-8,16-17,23H,2-4,9-14H2,1H3/t16-,17+/m0/s1. The van der Waals surface area contributed by atoms with Gasteiger partial charge in [0.1, 0.15) is 0 Å². The van der Waals surface area contributed by atoms with Gasteiger partial charge in [-0.25, -0.2) is 0 Å². The van der Waals surface area contributed by atoms with E-state index in [2.05, 4.69) is 19.1 Å².